The molecule has 4 heteroatoms. The van der Waals surface area contributed by atoms with E-state index in [-0.39, 0.29) is 12.3 Å². The van der Waals surface area contributed by atoms with Crippen molar-refractivity contribution >= 4 is 17.4 Å². The fraction of sp³-hybridized carbons (Fsp3) is 0.158. The molecule has 23 heavy (non-hydrogen) atoms. The molecule has 0 aliphatic heterocycles. The van der Waals surface area contributed by atoms with Crippen molar-refractivity contribution < 1.29 is 14.3 Å². The number of hydrogen-bond acceptors (Lipinski definition) is 4. The van der Waals surface area contributed by atoms with E-state index in [9.17, 15) is 4.79 Å². The molecule has 0 spiro atoms. The van der Waals surface area contributed by atoms with Gasteiger partial charge in [-0.15, -0.1) is 0 Å². The minimum atomic E-state index is -0.477. The molecular weight excluding hydrogens is 290 g/mol. The predicted molar refractivity (Wildman–Crippen MR) is 91.4 cm³/mol. The lowest BCUT2D eigenvalue weighted by Crippen LogP contribution is -2.19. The molecular formula is C19H19NO3. The van der Waals surface area contributed by atoms with Crippen molar-refractivity contribution in [2.45, 2.75) is 6.92 Å². The second-order valence-corrected chi connectivity index (χ2v) is 5.06. The van der Waals surface area contributed by atoms with Crippen LogP contribution in [0.3, 0.4) is 0 Å². The molecule has 0 unspecified atom stereocenters. The molecule has 0 saturated carbocycles. The second-order valence-electron chi connectivity index (χ2n) is 5.06. The van der Waals surface area contributed by atoms with Gasteiger partial charge in [-0.1, -0.05) is 36.9 Å². The lowest BCUT2D eigenvalue weighted by molar-refractivity contribution is -0.134. The molecule has 0 fully saturated rings. The monoisotopic (exact) mass is 309 g/mol. The first-order chi connectivity index (χ1) is 11.1. The van der Waals surface area contributed by atoms with Gasteiger partial charge in [0.1, 0.15) is 12.4 Å². The molecule has 0 aliphatic carbocycles. The highest BCUT2D eigenvalue weighted by atomic mass is 16.5. The van der Waals surface area contributed by atoms with E-state index in [1.807, 2.05) is 30.3 Å². The maximum Gasteiger partial charge on any atom is 0.357 e. The minimum absolute atomic E-state index is 0.174. The van der Waals surface area contributed by atoms with Gasteiger partial charge in [0.25, 0.3) is 0 Å². The van der Waals surface area contributed by atoms with Crippen molar-refractivity contribution in [3.8, 4) is 5.75 Å². The van der Waals surface area contributed by atoms with Crippen LogP contribution >= 0.6 is 0 Å². The third-order valence-corrected chi connectivity index (χ3v) is 3.00. The first-order valence-electron chi connectivity index (χ1n) is 7.20. The highest BCUT2D eigenvalue weighted by Crippen LogP contribution is 2.19. The van der Waals surface area contributed by atoms with Crippen LogP contribution in [0.1, 0.15) is 12.5 Å². The van der Waals surface area contributed by atoms with Gasteiger partial charge < -0.3 is 9.47 Å². The lowest BCUT2D eigenvalue weighted by atomic mass is 10.1. The fourth-order valence-electron chi connectivity index (χ4n) is 1.87. The van der Waals surface area contributed by atoms with Crippen molar-refractivity contribution in [3.63, 3.8) is 0 Å². The Balaban J connectivity index is 2.33. The summed E-state index contributed by atoms with van der Waals surface area (Å²) in [5.74, 6) is 0.255. The molecule has 0 radical (unpaired) electrons. The number of methoxy groups -OCH3 is 1. The Morgan fingerprint density at radius 1 is 1.09 bits per heavy atom. The summed E-state index contributed by atoms with van der Waals surface area (Å²) in [6.45, 7) is 5.71. The number of rotatable bonds is 6. The van der Waals surface area contributed by atoms with Gasteiger partial charge in [-0.2, -0.15) is 0 Å². The van der Waals surface area contributed by atoms with Crippen LogP contribution in [0.2, 0.25) is 0 Å². The van der Waals surface area contributed by atoms with Gasteiger partial charge in [0.05, 0.1) is 12.8 Å². The Labute approximate surface area is 136 Å². The van der Waals surface area contributed by atoms with E-state index in [2.05, 4.69) is 11.6 Å². The quantitative estimate of drug-likeness (QED) is 0.461. The Bertz CT molecular complexity index is 703. The number of nitrogens with zero attached hydrogens (tertiary/aromatic N) is 1. The summed E-state index contributed by atoms with van der Waals surface area (Å²) < 4.78 is 10.4. The van der Waals surface area contributed by atoms with Crippen LogP contribution < -0.4 is 4.74 Å². The molecule has 0 saturated heterocycles. The van der Waals surface area contributed by atoms with Gasteiger partial charge in [-0.05, 0) is 36.8 Å². The van der Waals surface area contributed by atoms with Gasteiger partial charge in [0, 0.05) is 5.56 Å². The van der Waals surface area contributed by atoms with E-state index in [1.165, 1.54) is 0 Å². The van der Waals surface area contributed by atoms with Crippen LogP contribution in [-0.4, -0.2) is 25.4 Å². The molecule has 2 aromatic rings. The number of carbonyl (C=O) groups excluding carboxylic acids is 1. The van der Waals surface area contributed by atoms with Crippen LogP contribution in [0.15, 0.2) is 71.7 Å². The third kappa shape index (κ3) is 4.81. The average molecular weight is 309 g/mol. The molecule has 2 rings (SSSR count). The van der Waals surface area contributed by atoms with Gasteiger partial charge in [0.2, 0.25) is 0 Å². The summed E-state index contributed by atoms with van der Waals surface area (Å²) in [5, 5.41) is 0. The molecule has 0 amide bonds. The van der Waals surface area contributed by atoms with E-state index in [1.54, 1.807) is 38.3 Å². The molecule has 0 heterocycles. The number of hydrogen-bond donors (Lipinski definition) is 0. The zero-order valence-electron chi connectivity index (χ0n) is 13.3. The highest BCUT2D eigenvalue weighted by Gasteiger charge is 2.15. The first-order valence-corrected chi connectivity index (χ1v) is 7.20. The molecule has 0 aromatic heterocycles. The number of benzene rings is 2. The van der Waals surface area contributed by atoms with Crippen molar-refractivity contribution in [1.29, 1.82) is 0 Å². The third-order valence-electron chi connectivity index (χ3n) is 3.00. The average Bonchev–Trinajstić information content (AvgIpc) is 2.59. The predicted octanol–water partition coefficient (Wildman–Crippen LogP) is 3.94. The van der Waals surface area contributed by atoms with Crippen LogP contribution in [0.5, 0.6) is 5.75 Å². The summed E-state index contributed by atoms with van der Waals surface area (Å²) in [4.78, 5) is 16.8. The van der Waals surface area contributed by atoms with Crippen molar-refractivity contribution in [3.05, 3.63) is 72.3 Å². The van der Waals surface area contributed by atoms with Crippen molar-refractivity contribution in [1.82, 2.24) is 0 Å². The van der Waals surface area contributed by atoms with E-state index in [0.717, 1.165) is 11.3 Å². The molecule has 118 valence electrons. The zero-order valence-corrected chi connectivity index (χ0v) is 13.3. The van der Waals surface area contributed by atoms with Gasteiger partial charge >= 0.3 is 5.97 Å². The molecule has 2 aromatic carbocycles. The van der Waals surface area contributed by atoms with Crippen LogP contribution in [-0.2, 0) is 9.53 Å². The lowest BCUT2D eigenvalue weighted by Gasteiger charge is -2.08. The summed E-state index contributed by atoms with van der Waals surface area (Å²) in [5.41, 5.74) is 2.39. The maximum atomic E-state index is 12.4. The summed E-state index contributed by atoms with van der Waals surface area (Å²) in [6.07, 6.45) is 0. The summed E-state index contributed by atoms with van der Waals surface area (Å²) in [6, 6.07) is 16.4. The fourth-order valence-corrected chi connectivity index (χ4v) is 1.87. The number of esters is 1. The molecule has 0 N–H and O–H groups in total. The normalized spacial score (nSPS) is 11.0. The number of ether oxygens (including phenoxy) is 2. The molecule has 0 atom stereocenters. The van der Waals surface area contributed by atoms with Crippen LogP contribution in [0, 0.1) is 0 Å². The first kappa shape index (κ1) is 16.5. The summed E-state index contributed by atoms with van der Waals surface area (Å²) >= 11 is 0. The van der Waals surface area contributed by atoms with E-state index >= 15 is 0 Å². The van der Waals surface area contributed by atoms with Gasteiger partial charge in [-0.3, -0.25) is 0 Å². The topological polar surface area (TPSA) is 47.9 Å². The van der Waals surface area contributed by atoms with Crippen LogP contribution in [0.25, 0.3) is 0 Å². The highest BCUT2D eigenvalue weighted by molar-refractivity contribution is 6.43. The van der Waals surface area contributed by atoms with E-state index < -0.39 is 5.97 Å². The van der Waals surface area contributed by atoms with E-state index in [0.29, 0.717) is 11.3 Å². The maximum absolute atomic E-state index is 12.4. The van der Waals surface area contributed by atoms with Gasteiger partial charge in [0.15, 0.2) is 5.71 Å². The van der Waals surface area contributed by atoms with Crippen molar-refractivity contribution in [2.24, 2.45) is 4.99 Å². The SMILES string of the molecule is C=C(C)COC(=O)C(=Nc1ccc(OC)cc1)c1ccccc1. The van der Waals surface area contributed by atoms with Crippen LogP contribution in [0.4, 0.5) is 5.69 Å². The Morgan fingerprint density at radius 2 is 1.74 bits per heavy atom. The smallest absolute Gasteiger partial charge is 0.357 e. The minimum Gasteiger partial charge on any atom is -0.497 e. The Kier molecular flexibility index (Phi) is 5.69. The molecule has 4 nitrogen and oxygen atoms in total. The van der Waals surface area contributed by atoms with E-state index in [4.69, 9.17) is 9.47 Å². The van der Waals surface area contributed by atoms with Crippen molar-refractivity contribution in [2.75, 3.05) is 13.7 Å². The standard InChI is InChI=1S/C19H19NO3/c1-14(2)13-23-19(21)18(15-7-5-4-6-8-15)20-16-9-11-17(22-3)12-10-16/h4-12H,1,13H2,2-3H3. The Morgan fingerprint density at radius 3 is 2.30 bits per heavy atom. The second kappa shape index (κ2) is 7.94. The Hall–Kier alpha value is -2.88. The molecule has 0 aliphatic rings. The number of aliphatic imine (C=N–C) groups is 1. The number of carbonyl (C=O) groups is 1. The van der Waals surface area contributed by atoms with Gasteiger partial charge in [-0.25, -0.2) is 9.79 Å². The largest absolute Gasteiger partial charge is 0.497 e. The molecule has 0 bridgehead atoms. The zero-order chi connectivity index (χ0) is 16.7. The summed E-state index contributed by atoms with van der Waals surface area (Å²) in [7, 11) is 1.60.